The van der Waals surface area contributed by atoms with Crippen LogP contribution in [0.2, 0.25) is 0 Å². The molecular formula is C19H25N3O3. The third kappa shape index (κ3) is 5.17. The highest BCUT2D eigenvalue weighted by molar-refractivity contribution is 5.99. The van der Waals surface area contributed by atoms with Gasteiger partial charge in [-0.15, -0.1) is 0 Å². The molecule has 1 aromatic carbocycles. The zero-order valence-corrected chi connectivity index (χ0v) is 15.2. The number of hydrogen-bond donors (Lipinski definition) is 1. The average molecular weight is 343 g/mol. The molecule has 0 spiro atoms. The van der Waals surface area contributed by atoms with Crippen molar-refractivity contribution in [1.29, 1.82) is 0 Å². The van der Waals surface area contributed by atoms with Gasteiger partial charge in [-0.25, -0.2) is 0 Å². The summed E-state index contributed by atoms with van der Waals surface area (Å²) in [5, 5.41) is 6.24. The molecule has 0 radical (unpaired) electrons. The van der Waals surface area contributed by atoms with Gasteiger partial charge in [-0.05, 0) is 29.5 Å². The van der Waals surface area contributed by atoms with Gasteiger partial charge < -0.3 is 14.7 Å². The molecule has 1 N–H and O–H groups in total. The molecule has 2 aromatic rings. The molecule has 0 saturated heterocycles. The first kappa shape index (κ1) is 18.7. The minimum atomic E-state index is -0.304. The highest BCUT2D eigenvalue weighted by Crippen LogP contribution is 2.22. The molecule has 0 bridgehead atoms. The number of carbonyl (C=O) groups excluding carboxylic acids is 2. The molecule has 134 valence electrons. The molecule has 25 heavy (non-hydrogen) atoms. The Hall–Kier alpha value is -2.63. The Bertz CT molecular complexity index is 701. The minimum Gasteiger partial charge on any atom is -0.363 e. The van der Waals surface area contributed by atoms with E-state index in [-0.39, 0.29) is 23.8 Å². The number of rotatable bonds is 6. The number of nitrogens with one attached hydrogen (secondary N) is 1. The maximum atomic E-state index is 12.7. The van der Waals surface area contributed by atoms with Crippen LogP contribution in [0.5, 0.6) is 0 Å². The fraction of sp³-hybridized carbons (Fsp3) is 0.421. The Balaban J connectivity index is 2.07. The van der Waals surface area contributed by atoms with Crippen LogP contribution in [-0.4, -0.2) is 35.0 Å². The molecule has 0 aliphatic carbocycles. The van der Waals surface area contributed by atoms with E-state index >= 15 is 0 Å². The lowest BCUT2D eigenvalue weighted by molar-refractivity contribution is -0.116. The number of hydrogen-bond acceptors (Lipinski definition) is 4. The van der Waals surface area contributed by atoms with E-state index < -0.39 is 0 Å². The first-order valence-corrected chi connectivity index (χ1v) is 8.41. The first-order valence-electron chi connectivity index (χ1n) is 8.41. The standard InChI is InChI=1S/C19H25N3O3/c1-5-11-22(13-17(23)20-16-10-12-25-21-16)18(24)14-6-8-15(9-7-14)19(2,3)4/h6-10,12H,5,11,13H2,1-4H3,(H,20,21,23). The molecule has 1 aromatic heterocycles. The molecule has 2 rings (SSSR count). The van der Waals surface area contributed by atoms with Crippen LogP contribution >= 0.6 is 0 Å². The Morgan fingerprint density at radius 2 is 1.84 bits per heavy atom. The van der Waals surface area contributed by atoms with Crippen molar-refractivity contribution in [2.45, 2.75) is 39.5 Å². The summed E-state index contributed by atoms with van der Waals surface area (Å²) in [6, 6.07) is 9.12. The number of carbonyl (C=O) groups is 2. The Morgan fingerprint density at radius 3 is 2.36 bits per heavy atom. The van der Waals surface area contributed by atoms with Crippen molar-refractivity contribution in [2.75, 3.05) is 18.4 Å². The van der Waals surface area contributed by atoms with Crippen LogP contribution in [0.25, 0.3) is 0 Å². The van der Waals surface area contributed by atoms with Gasteiger partial charge in [0.05, 0.1) is 0 Å². The molecule has 1 heterocycles. The van der Waals surface area contributed by atoms with E-state index in [1.54, 1.807) is 11.0 Å². The highest BCUT2D eigenvalue weighted by Gasteiger charge is 2.20. The lowest BCUT2D eigenvalue weighted by Gasteiger charge is -2.23. The summed E-state index contributed by atoms with van der Waals surface area (Å²) in [5.41, 5.74) is 1.77. The summed E-state index contributed by atoms with van der Waals surface area (Å²) >= 11 is 0. The van der Waals surface area contributed by atoms with E-state index in [0.717, 1.165) is 12.0 Å². The summed E-state index contributed by atoms with van der Waals surface area (Å²) in [4.78, 5) is 26.4. The second-order valence-electron chi connectivity index (χ2n) is 6.99. The third-order valence-corrected chi connectivity index (χ3v) is 3.82. The Kier molecular flexibility index (Phi) is 5.96. The van der Waals surface area contributed by atoms with Crippen molar-refractivity contribution in [2.24, 2.45) is 0 Å². The molecule has 0 aliphatic rings. The molecule has 0 aliphatic heterocycles. The van der Waals surface area contributed by atoms with Crippen LogP contribution in [0, 0.1) is 0 Å². The number of nitrogens with zero attached hydrogens (tertiary/aromatic N) is 2. The third-order valence-electron chi connectivity index (χ3n) is 3.82. The number of benzene rings is 1. The number of aromatic nitrogens is 1. The average Bonchev–Trinajstić information content (AvgIpc) is 3.06. The van der Waals surface area contributed by atoms with Crippen LogP contribution in [0.3, 0.4) is 0 Å². The van der Waals surface area contributed by atoms with Crippen molar-refractivity contribution in [3.8, 4) is 0 Å². The Labute approximate surface area is 148 Å². The highest BCUT2D eigenvalue weighted by atomic mass is 16.5. The normalized spacial score (nSPS) is 11.2. The largest absolute Gasteiger partial charge is 0.363 e. The summed E-state index contributed by atoms with van der Waals surface area (Å²) < 4.78 is 4.68. The zero-order valence-electron chi connectivity index (χ0n) is 15.2. The maximum absolute atomic E-state index is 12.7. The second-order valence-corrected chi connectivity index (χ2v) is 6.99. The van der Waals surface area contributed by atoms with Gasteiger partial charge in [0.1, 0.15) is 12.8 Å². The van der Waals surface area contributed by atoms with Crippen molar-refractivity contribution < 1.29 is 14.1 Å². The second kappa shape index (κ2) is 7.96. The van der Waals surface area contributed by atoms with Crippen LogP contribution in [-0.2, 0) is 10.2 Å². The predicted octanol–water partition coefficient (Wildman–Crippen LogP) is 3.46. The van der Waals surface area contributed by atoms with Crippen molar-refractivity contribution in [3.05, 3.63) is 47.7 Å². The van der Waals surface area contributed by atoms with E-state index in [2.05, 4.69) is 35.8 Å². The quantitative estimate of drug-likeness (QED) is 0.871. The lowest BCUT2D eigenvalue weighted by atomic mass is 9.86. The molecular weight excluding hydrogens is 318 g/mol. The van der Waals surface area contributed by atoms with Crippen molar-refractivity contribution >= 4 is 17.6 Å². The summed E-state index contributed by atoms with van der Waals surface area (Å²) in [6.45, 7) is 8.83. The van der Waals surface area contributed by atoms with E-state index in [9.17, 15) is 9.59 Å². The summed E-state index contributed by atoms with van der Waals surface area (Å²) in [6.07, 6.45) is 2.14. The van der Waals surface area contributed by atoms with Gasteiger partial charge in [0.25, 0.3) is 5.91 Å². The summed E-state index contributed by atoms with van der Waals surface area (Å²) in [5.74, 6) is -0.122. The SMILES string of the molecule is CCCN(CC(=O)Nc1ccon1)C(=O)c1ccc(C(C)(C)C)cc1. The molecule has 6 nitrogen and oxygen atoms in total. The molecule has 0 atom stereocenters. The molecule has 6 heteroatoms. The van der Waals surface area contributed by atoms with Gasteiger partial charge in [-0.2, -0.15) is 0 Å². The van der Waals surface area contributed by atoms with Crippen LogP contribution < -0.4 is 5.32 Å². The van der Waals surface area contributed by atoms with Gasteiger partial charge in [-0.3, -0.25) is 9.59 Å². The number of amides is 2. The Morgan fingerprint density at radius 1 is 1.16 bits per heavy atom. The fourth-order valence-electron chi connectivity index (χ4n) is 2.45. The predicted molar refractivity (Wildman–Crippen MR) is 96.5 cm³/mol. The summed E-state index contributed by atoms with van der Waals surface area (Å²) in [7, 11) is 0. The maximum Gasteiger partial charge on any atom is 0.254 e. The van der Waals surface area contributed by atoms with E-state index in [0.29, 0.717) is 17.9 Å². The van der Waals surface area contributed by atoms with Gasteiger partial charge in [-0.1, -0.05) is 45.0 Å². The minimum absolute atomic E-state index is 0.0272. The molecule has 0 saturated carbocycles. The van der Waals surface area contributed by atoms with Crippen molar-refractivity contribution in [1.82, 2.24) is 10.1 Å². The van der Waals surface area contributed by atoms with Gasteiger partial charge >= 0.3 is 0 Å². The van der Waals surface area contributed by atoms with Gasteiger partial charge in [0.2, 0.25) is 5.91 Å². The van der Waals surface area contributed by atoms with Gasteiger partial charge in [0.15, 0.2) is 5.82 Å². The van der Waals surface area contributed by atoms with Crippen LogP contribution in [0.1, 0.15) is 50.0 Å². The lowest BCUT2D eigenvalue weighted by Crippen LogP contribution is -2.38. The fourth-order valence-corrected chi connectivity index (χ4v) is 2.45. The van der Waals surface area contributed by atoms with E-state index in [1.807, 2.05) is 31.2 Å². The molecule has 0 fully saturated rings. The zero-order chi connectivity index (χ0) is 18.4. The van der Waals surface area contributed by atoms with Gasteiger partial charge in [0, 0.05) is 18.2 Å². The van der Waals surface area contributed by atoms with Crippen LogP contribution in [0.4, 0.5) is 5.82 Å². The van der Waals surface area contributed by atoms with E-state index in [1.165, 1.54) is 6.26 Å². The van der Waals surface area contributed by atoms with Crippen LogP contribution in [0.15, 0.2) is 41.1 Å². The first-order chi connectivity index (χ1) is 11.8. The topological polar surface area (TPSA) is 75.4 Å². The number of anilines is 1. The monoisotopic (exact) mass is 343 g/mol. The molecule has 0 unspecified atom stereocenters. The van der Waals surface area contributed by atoms with E-state index in [4.69, 9.17) is 0 Å². The smallest absolute Gasteiger partial charge is 0.254 e. The molecule has 2 amide bonds. The van der Waals surface area contributed by atoms with Crippen molar-refractivity contribution in [3.63, 3.8) is 0 Å².